The van der Waals surface area contributed by atoms with Crippen molar-refractivity contribution in [2.45, 2.75) is 96.2 Å². The highest BCUT2D eigenvalue weighted by atomic mass is 16.6. The summed E-state index contributed by atoms with van der Waals surface area (Å²) in [5, 5.41) is 0. The van der Waals surface area contributed by atoms with Crippen LogP contribution in [0.15, 0.2) is 12.2 Å². The fourth-order valence-electron chi connectivity index (χ4n) is 5.99. The quantitative estimate of drug-likeness (QED) is 0.418. The van der Waals surface area contributed by atoms with Crippen LogP contribution in [-0.4, -0.2) is 25.4 Å². The van der Waals surface area contributed by atoms with Gasteiger partial charge in [0.1, 0.15) is 0 Å². The van der Waals surface area contributed by atoms with Crippen molar-refractivity contribution >= 4 is 0 Å². The number of ether oxygens (including phenoxy) is 2. The molecule has 2 saturated carbocycles. The molecule has 4 rings (SSSR count). The van der Waals surface area contributed by atoms with Crippen LogP contribution in [0.4, 0.5) is 0 Å². The molecule has 26 heavy (non-hydrogen) atoms. The topological polar surface area (TPSA) is 21.8 Å². The Morgan fingerprint density at radius 1 is 0.692 bits per heavy atom. The van der Waals surface area contributed by atoms with Gasteiger partial charge in [0.05, 0.1) is 25.4 Å². The van der Waals surface area contributed by atoms with Gasteiger partial charge >= 0.3 is 0 Å². The Hall–Kier alpha value is -0.340. The van der Waals surface area contributed by atoms with Crippen molar-refractivity contribution in [3.63, 3.8) is 0 Å². The van der Waals surface area contributed by atoms with E-state index in [1.165, 1.54) is 77.0 Å². The number of epoxide rings is 1. The fraction of sp³-hybridized carbons (Fsp3) is 0.917. The largest absolute Gasteiger partial charge is 0.374 e. The lowest BCUT2D eigenvalue weighted by Gasteiger charge is -2.37. The predicted octanol–water partition coefficient (Wildman–Crippen LogP) is 6.15. The SMILES string of the molecule is CCCC1CCC(/C=C/C2CCC(C3CCC(C4CO4)CC3)CO2)CC1. The summed E-state index contributed by atoms with van der Waals surface area (Å²) >= 11 is 0. The van der Waals surface area contributed by atoms with Crippen LogP contribution < -0.4 is 0 Å². The molecule has 3 unspecified atom stereocenters. The fourth-order valence-corrected chi connectivity index (χ4v) is 5.99. The molecule has 0 N–H and O–H groups in total. The van der Waals surface area contributed by atoms with Crippen LogP contribution in [-0.2, 0) is 9.47 Å². The zero-order chi connectivity index (χ0) is 17.8. The Labute approximate surface area is 161 Å². The van der Waals surface area contributed by atoms with E-state index in [0.29, 0.717) is 12.2 Å². The molecule has 148 valence electrons. The summed E-state index contributed by atoms with van der Waals surface area (Å²) in [7, 11) is 0. The van der Waals surface area contributed by atoms with Gasteiger partial charge in [-0.25, -0.2) is 0 Å². The van der Waals surface area contributed by atoms with Gasteiger partial charge in [0.2, 0.25) is 0 Å². The first kappa shape index (κ1) is 19.0. The summed E-state index contributed by atoms with van der Waals surface area (Å²) in [6.07, 6.45) is 22.7. The summed E-state index contributed by atoms with van der Waals surface area (Å²) in [5.74, 6) is 4.45. The van der Waals surface area contributed by atoms with E-state index in [2.05, 4.69) is 19.1 Å². The van der Waals surface area contributed by atoms with Crippen molar-refractivity contribution in [2.75, 3.05) is 13.2 Å². The van der Waals surface area contributed by atoms with Gasteiger partial charge < -0.3 is 9.47 Å². The van der Waals surface area contributed by atoms with Crippen LogP contribution in [0.1, 0.15) is 84.0 Å². The molecule has 4 aliphatic rings. The molecule has 2 aliphatic carbocycles. The van der Waals surface area contributed by atoms with Crippen LogP contribution >= 0.6 is 0 Å². The molecule has 2 heterocycles. The maximum atomic E-state index is 6.27. The van der Waals surface area contributed by atoms with Crippen LogP contribution in [0.25, 0.3) is 0 Å². The minimum Gasteiger partial charge on any atom is -0.374 e. The zero-order valence-electron chi connectivity index (χ0n) is 16.9. The maximum absolute atomic E-state index is 6.27. The van der Waals surface area contributed by atoms with E-state index < -0.39 is 0 Å². The van der Waals surface area contributed by atoms with Crippen LogP contribution in [0.2, 0.25) is 0 Å². The van der Waals surface area contributed by atoms with Crippen molar-refractivity contribution in [3.05, 3.63) is 12.2 Å². The van der Waals surface area contributed by atoms with Gasteiger partial charge in [0, 0.05) is 0 Å². The molecular weight excluding hydrogens is 320 g/mol. The van der Waals surface area contributed by atoms with Crippen molar-refractivity contribution in [1.29, 1.82) is 0 Å². The van der Waals surface area contributed by atoms with E-state index >= 15 is 0 Å². The standard InChI is InChI=1S/C24H40O2/c1-2-3-18-4-6-19(7-5-18)8-14-23-15-13-22(16-25-23)20-9-11-21(12-10-20)24-17-26-24/h8,14,18-24H,2-7,9-13,15-17H2,1H3/b14-8+. The van der Waals surface area contributed by atoms with E-state index in [0.717, 1.165) is 42.8 Å². The van der Waals surface area contributed by atoms with Crippen molar-refractivity contribution in [3.8, 4) is 0 Å². The Balaban J connectivity index is 1.14. The van der Waals surface area contributed by atoms with E-state index in [-0.39, 0.29) is 0 Å². The second-order valence-corrected chi connectivity index (χ2v) is 9.71. The Morgan fingerprint density at radius 3 is 2.00 bits per heavy atom. The molecule has 2 nitrogen and oxygen atoms in total. The first-order chi connectivity index (χ1) is 12.8. The Bertz CT molecular complexity index is 431. The van der Waals surface area contributed by atoms with Crippen molar-refractivity contribution < 1.29 is 9.47 Å². The van der Waals surface area contributed by atoms with E-state index in [1.807, 2.05) is 0 Å². The highest BCUT2D eigenvalue weighted by molar-refractivity contribution is 4.97. The predicted molar refractivity (Wildman–Crippen MR) is 107 cm³/mol. The number of hydrogen-bond acceptors (Lipinski definition) is 2. The average molecular weight is 361 g/mol. The van der Waals surface area contributed by atoms with E-state index in [9.17, 15) is 0 Å². The Kier molecular flexibility index (Phi) is 6.75. The average Bonchev–Trinajstić information content (AvgIpc) is 3.54. The van der Waals surface area contributed by atoms with Crippen LogP contribution in [0, 0.1) is 29.6 Å². The summed E-state index contributed by atoms with van der Waals surface area (Å²) in [6, 6.07) is 0. The number of rotatable bonds is 6. The molecule has 0 radical (unpaired) electrons. The van der Waals surface area contributed by atoms with Gasteiger partial charge in [-0.1, -0.05) is 31.9 Å². The van der Waals surface area contributed by atoms with Crippen molar-refractivity contribution in [2.24, 2.45) is 29.6 Å². The molecule has 3 atom stereocenters. The third-order valence-corrected chi connectivity index (χ3v) is 7.90. The minimum atomic E-state index is 0.399. The van der Waals surface area contributed by atoms with E-state index in [1.54, 1.807) is 0 Å². The molecular formula is C24H40O2. The van der Waals surface area contributed by atoms with E-state index in [4.69, 9.17) is 9.47 Å². The van der Waals surface area contributed by atoms with Gasteiger partial charge in [0.25, 0.3) is 0 Å². The molecule has 2 heteroatoms. The second kappa shape index (κ2) is 9.24. The first-order valence-corrected chi connectivity index (χ1v) is 11.7. The smallest absolute Gasteiger partial charge is 0.0838 e. The summed E-state index contributed by atoms with van der Waals surface area (Å²) in [6.45, 7) is 4.37. The summed E-state index contributed by atoms with van der Waals surface area (Å²) in [5.41, 5.74) is 0. The molecule has 0 aromatic rings. The van der Waals surface area contributed by atoms with Gasteiger partial charge in [-0.05, 0) is 93.8 Å². The molecule has 0 aromatic carbocycles. The van der Waals surface area contributed by atoms with Gasteiger partial charge in [-0.15, -0.1) is 0 Å². The van der Waals surface area contributed by atoms with Gasteiger partial charge in [0.15, 0.2) is 0 Å². The van der Waals surface area contributed by atoms with Crippen molar-refractivity contribution in [1.82, 2.24) is 0 Å². The number of hydrogen-bond donors (Lipinski definition) is 0. The monoisotopic (exact) mass is 360 g/mol. The maximum Gasteiger partial charge on any atom is 0.0838 e. The third-order valence-electron chi connectivity index (χ3n) is 7.90. The van der Waals surface area contributed by atoms with Crippen LogP contribution in [0.5, 0.6) is 0 Å². The highest BCUT2D eigenvalue weighted by Gasteiger charge is 2.37. The van der Waals surface area contributed by atoms with Gasteiger partial charge in [-0.2, -0.15) is 0 Å². The van der Waals surface area contributed by atoms with Gasteiger partial charge in [-0.3, -0.25) is 0 Å². The molecule has 2 saturated heterocycles. The zero-order valence-corrected chi connectivity index (χ0v) is 16.9. The molecule has 0 bridgehead atoms. The summed E-state index contributed by atoms with van der Waals surface area (Å²) < 4.78 is 11.8. The second-order valence-electron chi connectivity index (χ2n) is 9.71. The molecule has 4 fully saturated rings. The summed E-state index contributed by atoms with van der Waals surface area (Å²) in [4.78, 5) is 0. The lowest BCUT2D eigenvalue weighted by molar-refractivity contribution is -0.0174. The first-order valence-electron chi connectivity index (χ1n) is 11.7. The lowest BCUT2D eigenvalue weighted by Crippen LogP contribution is -2.32. The molecule has 0 aromatic heterocycles. The molecule has 0 amide bonds. The van der Waals surface area contributed by atoms with Crippen LogP contribution in [0.3, 0.4) is 0 Å². The normalized spacial score (nSPS) is 44.3. The highest BCUT2D eigenvalue weighted by Crippen LogP contribution is 2.41. The third kappa shape index (κ3) is 5.13. The Morgan fingerprint density at radius 2 is 1.38 bits per heavy atom. The molecule has 0 spiro atoms. The molecule has 2 aliphatic heterocycles. The minimum absolute atomic E-state index is 0.399. The number of allylic oxidation sites excluding steroid dienone is 1. The lowest BCUT2D eigenvalue weighted by atomic mass is 9.73.